The van der Waals surface area contributed by atoms with E-state index in [0.717, 1.165) is 27.6 Å². The Bertz CT molecular complexity index is 780. The Hall–Kier alpha value is -1.90. The van der Waals surface area contributed by atoms with E-state index in [1.54, 1.807) is 6.20 Å². The number of aryl methyl sites for hydroxylation is 1. The standard InChI is InChI=1S/C18H16ClNO/c1-12-6-7-14(19)11-16(12)18(21)10-13-8-9-20-17-5-3-2-4-15(13)17/h2-9,11,18,21H,10H2,1H3. The van der Waals surface area contributed by atoms with Crippen LogP contribution in [-0.2, 0) is 6.42 Å². The number of pyridine rings is 1. The van der Waals surface area contributed by atoms with Crippen molar-refractivity contribution in [2.75, 3.05) is 0 Å². The molecule has 0 aliphatic rings. The lowest BCUT2D eigenvalue weighted by Gasteiger charge is -2.15. The number of para-hydroxylation sites is 1. The summed E-state index contributed by atoms with van der Waals surface area (Å²) in [5.74, 6) is 0. The van der Waals surface area contributed by atoms with Gasteiger partial charge in [-0.25, -0.2) is 0 Å². The molecule has 3 heteroatoms. The monoisotopic (exact) mass is 297 g/mol. The van der Waals surface area contributed by atoms with Crippen molar-refractivity contribution in [1.82, 2.24) is 4.98 Å². The number of aliphatic hydroxyl groups excluding tert-OH is 1. The third-order valence-corrected chi connectivity index (χ3v) is 3.99. The first-order valence-electron chi connectivity index (χ1n) is 6.92. The molecule has 1 unspecified atom stereocenters. The van der Waals surface area contributed by atoms with Crippen molar-refractivity contribution in [2.45, 2.75) is 19.4 Å². The highest BCUT2D eigenvalue weighted by Crippen LogP contribution is 2.27. The third-order valence-electron chi connectivity index (χ3n) is 3.75. The van der Waals surface area contributed by atoms with Gasteiger partial charge in [0.05, 0.1) is 11.6 Å². The van der Waals surface area contributed by atoms with E-state index in [0.29, 0.717) is 11.4 Å². The van der Waals surface area contributed by atoms with Gasteiger partial charge in [0, 0.05) is 23.0 Å². The second-order valence-corrected chi connectivity index (χ2v) is 5.64. The molecule has 0 radical (unpaired) electrons. The van der Waals surface area contributed by atoms with Gasteiger partial charge in [-0.05, 0) is 47.9 Å². The van der Waals surface area contributed by atoms with Gasteiger partial charge in [0.15, 0.2) is 0 Å². The molecule has 1 N–H and O–H groups in total. The average Bonchev–Trinajstić information content (AvgIpc) is 2.50. The van der Waals surface area contributed by atoms with E-state index in [-0.39, 0.29) is 0 Å². The minimum Gasteiger partial charge on any atom is -0.388 e. The summed E-state index contributed by atoms with van der Waals surface area (Å²) in [6.07, 6.45) is 1.76. The number of aromatic nitrogens is 1. The largest absolute Gasteiger partial charge is 0.388 e. The van der Waals surface area contributed by atoms with E-state index < -0.39 is 6.10 Å². The fourth-order valence-corrected chi connectivity index (χ4v) is 2.80. The lowest BCUT2D eigenvalue weighted by atomic mass is 9.96. The molecule has 0 spiro atoms. The molecule has 1 heterocycles. The summed E-state index contributed by atoms with van der Waals surface area (Å²) < 4.78 is 0. The van der Waals surface area contributed by atoms with Crippen molar-refractivity contribution in [3.63, 3.8) is 0 Å². The summed E-state index contributed by atoms with van der Waals surface area (Å²) >= 11 is 6.04. The molecule has 0 amide bonds. The molecule has 0 aliphatic heterocycles. The molecular formula is C18H16ClNO. The smallest absolute Gasteiger partial charge is 0.0833 e. The first-order valence-corrected chi connectivity index (χ1v) is 7.29. The van der Waals surface area contributed by atoms with Crippen molar-refractivity contribution >= 4 is 22.5 Å². The highest BCUT2D eigenvalue weighted by molar-refractivity contribution is 6.30. The molecule has 0 saturated heterocycles. The predicted molar refractivity (Wildman–Crippen MR) is 86.6 cm³/mol. The number of aliphatic hydroxyl groups is 1. The van der Waals surface area contributed by atoms with E-state index in [9.17, 15) is 5.11 Å². The molecule has 0 bridgehead atoms. The summed E-state index contributed by atoms with van der Waals surface area (Å²) in [4.78, 5) is 4.35. The molecule has 3 rings (SSSR count). The van der Waals surface area contributed by atoms with Crippen LogP contribution in [0.3, 0.4) is 0 Å². The van der Waals surface area contributed by atoms with E-state index in [4.69, 9.17) is 11.6 Å². The van der Waals surface area contributed by atoms with Gasteiger partial charge in [-0.1, -0.05) is 35.9 Å². The molecule has 3 aromatic rings. The molecule has 0 saturated carbocycles. The van der Waals surface area contributed by atoms with Crippen LogP contribution in [0.25, 0.3) is 10.9 Å². The van der Waals surface area contributed by atoms with Gasteiger partial charge in [-0.2, -0.15) is 0 Å². The minimum absolute atomic E-state index is 0.546. The number of hydrogen-bond donors (Lipinski definition) is 1. The molecule has 1 atom stereocenters. The zero-order chi connectivity index (χ0) is 14.8. The Morgan fingerprint density at radius 2 is 1.95 bits per heavy atom. The molecule has 2 nitrogen and oxygen atoms in total. The van der Waals surface area contributed by atoms with Gasteiger partial charge in [0.2, 0.25) is 0 Å². The first kappa shape index (κ1) is 14.1. The van der Waals surface area contributed by atoms with Crippen molar-refractivity contribution < 1.29 is 5.11 Å². The Labute approximate surface area is 129 Å². The number of fused-ring (bicyclic) bond motifs is 1. The van der Waals surface area contributed by atoms with Gasteiger partial charge in [-0.15, -0.1) is 0 Å². The van der Waals surface area contributed by atoms with Crippen molar-refractivity contribution in [3.05, 3.63) is 76.4 Å². The highest BCUT2D eigenvalue weighted by Gasteiger charge is 2.13. The van der Waals surface area contributed by atoms with Crippen molar-refractivity contribution in [3.8, 4) is 0 Å². The van der Waals surface area contributed by atoms with Crippen LogP contribution in [0.5, 0.6) is 0 Å². The average molecular weight is 298 g/mol. The molecular weight excluding hydrogens is 282 g/mol. The summed E-state index contributed by atoms with van der Waals surface area (Å²) in [5, 5.41) is 12.3. The van der Waals surface area contributed by atoms with Crippen LogP contribution < -0.4 is 0 Å². The molecule has 0 aliphatic carbocycles. The minimum atomic E-state index is -0.575. The fourth-order valence-electron chi connectivity index (χ4n) is 2.62. The Morgan fingerprint density at radius 3 is 2.81 bits per heavy atom. The van der Waals surface area contributed by atoms with Crippen LogP contribution in [0.15, 0.2) is 54.7 Å². The third kappa shape index (κ3) is 2.92. The zero-order valence-corrected chi connectivity index (χ0v) is 12.5. The molecule has 0 fully saturated rings. The van der Waals surface area contributed by atoms with Gasteiger partial charge >= 0.3 is 0 Å². The quantitative estimate of drug-likeness (QED) is 0.773. The summed E-state index contributed by atoms with van der Waals surface area (Å²) in [6, 6.07) is 15.6. The van der Waals surface area contributed by atoms with E-state index in [1.807, 2.05) is 55.5 Å². The van der Waals surface area contributed by atoms with Crippen LogP contribution in [0.2, 0.25) is 5.02 Å². The summed E-state index contributed by atoms with van der Waals surface area (Å²) in [7, 11) is 0. The SMILES string of the molecule is Cc1ccc(Cl)cc1C(O)Cc1ccnc2ccccc12. The van der Waals surface area contributed by atoms with Crippen LogP contribution in [0.1, 0.15) is 22.8 Å². The Balaban J connectivity index is 1.96. The Kier molecular flexibility index (Phi) is 3.91. The summed E-state index contributed by atoms with van der Waals surface area (Å²) in [6.45, 7) is 1.99. The number of hydrogen-bond acceptors (Lipinski definition) is 2. The van der Waals surface area contributed by atoms with Gasteiger partial charge in [0.1, 0.15) is 0 Å². The summed E-state index contributed by atoms with van der Waals surface area (Å²) in [5.41, 5.74) is 3.96. The van der Waals surface area contributed by atoms with Gasteiger partial charge in [-0.3, -0.25) is 4.98 Å². The van der Waals surface area contributed by atoms with E-state index in [2.05, 4.69) is 4.98 Å². The molecule has 2 aromatic carbocycles. The number of rotatable bonds is 3. The predicted octanol–water partition coefficient (Wildman–Crippen LogP) is 4.47. The highest BCUT2D eigenvalue weighted by atomic mass is 35.5. The van der Waals surface area contributed by atoms with Gasteiger partial charge in [0.25, 0.3) is 0 Å². The second kappa shape index (κ2) is 5.84. The van der Waals surface area contributed by atoms with Crippen molar-refractivity contribution in [2.24, 2.45) is 0 Å². The maximum absolute atomic E-state index is 10.6. The molecule has 106 valence electrons. The zero-order valence-electron chi connectivity index (χ0n) is 11.8. The van der Waals surface area contributed by atoms with Crippen LogP contribution >= 0.6 is 11.6 Å². The van der Waals surface area contributed by atoms with Gasteiger partial charge < -0.3 is 5.11 Å². The molecule has 1 aromatic heterocycles. The van der Waals surface area contributed by atoms with Crippen molar-refractivity contribution in [1.29, 1.82) is 0 Å². The van der Waals surface area contributed by atoms with Crippen LogP contribution in [0.4, 0.5) is 0 Å². The maximum atomic E-state index is 10.6. The number of nitrogens with zero attached hydrogens (tertiary/aromatic N) is 1. The second-order valence-electron chi connectivity index (χ2n) is 5.21. The first-order chi connectivity index (χ1) is 10.1. The van der Waals surface area contributed by atoms with E-state index in [1.165, 1.54) is 0 Å². The fraction of sp³-hybridized carbons (Fsp3) is 0.167. The number of halogens is 1. The normalized spacial score (nSPS) is 12.5. The van der Waals surface area contributed by atoms with Crippen LogP contribution in [-0.4, -0.2) is 10.1 Å². The lowest BCUT2D eigenvalue weighted by Crippen LogP contribution is -2.04. The lowest BCUT2D eigenvalue weighted by molar-refractivity contribution is 0.178. The Morgan fingerprint density at radius 1 is 1.14 bits per heavy atom. The van der Waals surface area contributed by atoms with Crippen LogP contribution in [0, 0.1) is 6.92 Å². The topological polar surface area (TPSA) is 33.1 Å². The number of benzene rings is 2. The van der Waals surface area contributed by atoms with E-state index >= 15 is 0 Å². The molecule has 21 heavy (non-hydrogen) atoms. The maximum Gasteiger partial charge on any atom is 0.0833 e.